The molecule has 1 fully saturated rings. The molecule has 27 heavy (non-hydrogen) atoms. The predicted molar refractivity (Wildman–Crippen MR) is 116 cm³/mol. The van der Waals surface area contributed by atoms with Crippen LogP contribution in [0, 0.1) is 28.6 Å². The number of nitrogens with one attached hydrogen (secondary N) is 2. The highest BCUT2D eigenvalue weighted by atomic mass is 16.3. The first kappa shape index (κ1) is 22.0. The Hall–Kier alpha value is -1.32. The summed E-state index contributed by atoms with van der Waals surface area (Å²) >= 11 is 0. The lowest BCUT2D eigenvalue weighted by molar-refractivity contribution is 0.299. The van der Waals surface area contributed by atoms with E-state index in [0.717, 1.165) is 37.3 Å². The quantitative estimate of drug-likeness (QED) is 0.402. The zero-order valence-corrected chi connectivity index (χ0v) is 18.1. The van der Waals surface area contributed by atoms with E-state index in [1.807, 2.05) is 13.1 Å². The summed E-state index contributed by atoms with van der Waals surface area (Å²) in [5, 5.41) is 23.4. The largest absolute Gasteiger partial charge is 0.512 e. The molecular formula is C23H41N3O. The van der Waals surface area contributed by atoms with Gasteiger partial charge < -0.3 is 15.9 Å². The van der Waals surface area contributed by atoms with E-state index in [0.29, 0.717) is 24.0 Å². The van der Waals surface area contributed by atoms with Crippen molar-refractivity contribution in [2.45, 2.75) is 98.4 Å². The molecule has 0 aromatic heterocycles. The lowest BCUT2D eigenvalue weighted by Crippen LogP contribution is -2.28. The SMILES string of the molecule is CC(=N)[C@@H]1CCCC1/C=N/NC1CC[C@@H](C)CCC/C(C(C)(C)C)=C(/O)C1. The molecule has 3 N–H and O–H groups in total. The average Bonchev–Trinajstić information content (AvgIpc) is 3.03. The van der Waals surface area contributed by atoms with Gasteiger partial charge in [0, 0.05) is 30.2 Å². The number of aliphatic hydroxyl groups excluding tert-OH is 1. The highest BCUT2D eigenvalue weighted by molar-refractivity contribution is 5.85. The first-order valence-electron chi connectivity index (χ1n) is 10.9. The third-order valence-electron chi connectivity index (χ3n) is 6.47. The van der Waals surface area contributed by atoms with Gasteiger partial charge in [-0.05, 0) is 62.4 Å². The Morgan fingerprint density at radius 1 is 1.15 bits per heavy atom. The van der Waals surface area contributed by atoms with Crippen LogP contribution in [0.3, 0.4) is 0 Å². The fourth-order valence-electron chi connectivity index (χ4n) is 4.73. The average molecular weight is 376 g/mol. The molecule has 0 amide bonds. The van der Waals surface area contributed by atoms with Gasteiger partial charge in [-0.25, -0.2) is 0 Å². The zero-order valence-electron chi connectivity index (χ0n) is 18.1. The van der Waals surface area contributed by atoms with Gasteiger partial charge in [0.15, 0.2) is 0 Å². The fourth-order valence-corrected chi connectivity index (χ4v) is 4.73. The smallest absolute Gasteiger partial charge is 0.0941 e. The fraction of sp³-hybridized carbons (Fsp3) is 0.826. The van der Waals surface area contributed by atoms with Gasteiger partial charge in [-0.15, -0.1) is 0 Å². The molecule has 2 rings (SSSR count). The van der Waals surface area contributed by atoms with Gasteiger partial charge in [-0.3, -0.25) is 0 Å². The van der Waals surface area contributed by atoms with Crippen LogP contribution in [0.1, 0.15) is 92.4 Å². The van der Waals surface area contributed by atoms with Crippen molar-refractivity contribution in [2.75, 3.05) is 0 Å². The van der Waals surface area contributed by atoms with E-state index in [2.05, 4.69) is 38.2 Å². The van der Waals surface area contributed by atoms with Crippen molar-refractivity contribution in [1.29, 1.82) is 5.41 Å². The Kier molecular flexibility index (Phi) is 7.93. The molecule has 0 aromatic rings. The molecule has 1 saturated carbocycles. The molecule has 0 radical (unpaired) electrons. The lowest BCUT2D eigenvalue weighted by atomic mass is 9.80. The van der Waals surface area contributed by atoms with Crippen molar-refractivity contribution in [1.82, 2.24) is 5.43 Å². The van der Waals surface area contributed by atoms with E-state index in [1.165, 1.54) is 31.3 Å². The number of allylic oxidation sites excluding steroid dienone is 1. The first-order chi connectivity index (χ1) is 12.7. The van der Waals surface area contributed by atoms with Crippen molar-refractivity contribution in [3.8, 4) is 0 Å². The van der Waals surface area contributed by atoms with E-state index in [9.17, 15) is 5.11 Å². The monoisotopic (exact) mass is 375 g/mol. The summed E-state index contributed by atoms with van der Waals surface area (Å²) in [6, 6.07) is 0.181. The summed E-state index contributed by atoms with van der Waals surface area (Å²) in [6.45, 7) is 10.9. The second-order valence-corrected chi connectivity index (χ2v) is 9.94. The van der Waals surface area contributed by atoms with E-state index in [1.54, 1.807) is 0 Å². The van der Waals surface area contributed by atoms with Gasteiger partial charge in [-0.1, -0.05) is 40.5 Å². The molecule has 0 aliphatic heterocycles. The highest BCUT2D eigenvalue weighted by Gasteiger charge is 2.28. The van der Waals surface area contributed by atoms with Crippen LogP contribution in [0.4, 0.5) is 0 Å². The number of hydrazone groups is 1. The second kappa shape index (κ2) is 9.75. The Labute approximate surface area is 166 Å². The maximum atomic E-state index is 10.8. The normalized spacial score (nSPS) is 34.0. The summed E-state index contributed by atoms with van der Waals surface area (Å²) in [5.41, 5.74) is 5.36. The summed E-state index contributed by atoms with van der Waals surface area (Å²) in [5.74, 6) is 2.04. The molecule has 154 valence electrons. The minimum Gasteiger partial charge on any atom is -0.512 e. The molecule has 2 unspecified atom stereocenters. The maximum absolute atomic E-state index is 10.8. The van der Waals surface area contributed by atoms with Gasteiger partial charge in [0.25, 0.3) is 0 Å². The molecule has 0 bridgehead atoms. The van der Waals surface area contributed by atoms with Crippen LogP contribution in [0.2, 0.25) is 0 Å². The zero-order chi connectivity index (χ0) is 20.0. The standard InChI is InChI=1S/C23H41N3O/c1-16-8-6-11-21(23(3,4)5)22(27)14-19(13-12-16)26-25-15-18-9-7-10-20(18)17(2)24/h15-16,18-20,24,26-27H,6-14H2,1-5H3/b22-21-,24-17?,25-15+/t16-,18?,19?,20-/m0/s1. The Morgan fingerprint density at radius 2 is 1.89 bits per heavy atom. The number of hydrogen-bond acceptors (Lipinski definition) is 4. The van der Waals surface area contributed by atoms with Gasteiger partial charge in [0.1, 0.15) is 0 Å². The Balaban J connectivity index is 2.07. The number of nitrogens with zero attached hydrogens (tertiary/aromatic N) is 1. The van der Waals surface area contributed by atoms with Crippen LogP contribution in [0.15, 0.2) is 16.4 Å². The molecular weight excluding hydrogens is 334 g/mol. The van der Waals surface area contributed by atoms with Gasteiger partial charge >= 0.3 is 0 Å². The molecule has 0 aromatic carbocycles. The molecule has 0 heterocycles. The first-order valence-corrected chi connectivity index (χ1v) is 10.9. The maximum Gasteiger partial charge on any atom is 0.0941 e. The molecule has 4 nitrogen and oxygen atoms in total. The predicted octanol–water partition coefficient (Wildman–Crippen LogP) is 6.23. The van der Waals surface area contributed by atoms with E-state index < -0.39 is 0 Å². The van der Waals surface area contributed by atoms with Crippen LogP contribution in [0.5, 0.6) is 0 Å². The van der Waals surface area contributed by atoms with Crippen molar-refractivity contribution in [3.05, 3.63) is 11.3 Å². The number of rotatable bonds is 4. The molecule has 0 spiro atoms. The Morgan fingerprint density at radius 3 is 2.56 bits per heavy atom. The number of aliphatic hydroxyl groups is 1. The number of hydrogen-bond donors (Lipinski definition) is 3. The van der Waals surface area contributed by atoms with Crippen molar-refractivity contribution < 1.29 is 5.11 Å². The van der Waals surface area contributed by atoms with Crippen LogP contribution < -0.4 is 5.43 Å². The van der Waals surface area contributed by atoms with Crippen molar-refractivity contribution in [3.63, 3.8) is 0 Å². The molecule has 4 atom stereocenters. The van der Waals surface area contributed by atoms with Crippen molar-refractivity contribution in [2.24, 2.45) is 28.3 Å². The topological polar surface area (TPSA) is 68.5 Å². The summed E-state index contributed by atoms with van der Waals surface area (Å²) in [4.78, 5) is 0. The van der Waals surface area contributed by atoms with Gasteiger partial charge in [-0.2, -0.15) is 5.10 Å². The van der Waals surface area contributed by atoms with E-state index in [4.69, 9.17) is 5.41 Å². The summed E-state index contributed by atoms with van der Waals surface area (Å²) in [6.07, 6.45) is 11.7. The second-order valence-electron chi connectivity index (χ2n) is 9.94. The van der Waals surface area contributed by atoms with E-state index >= 15 is 0 Å². The van der Waals surface area contributed by atoms with Crippen LogP contribution in [0.25, 0.3) is 0 Å². The van der Waals surface area contributed by atoms with Crippen LogP contribution in [-0.2, 0) is 0 Å². The lowest BCUT2D eigenvalue weighted by Gasteiger charge is -2.28. The minimum absolute atomic E-state index is 0.0128. The minimum atomic E-state index is 0.0128. The van der Waals surface area contributed by atoms with Gasteiger partial charge in [0.05, 0.1) is 11.8 Å². The van der Waals surface area contributed by atoms with Crippen molar-refractivity contribution >= 4 is 11.9 Å². The van der Waals surface area contributed by atoms with Crippen LogP contribution in [-0.4, -0.2) is 23.1 Å². The van der Waals surface area contributed by atoms with Gasteiger partial charge in [0.2, 0.25) is 0 Å². The molecule has 2 aliphatic rings. The molecule has 0 saturated heterocycles. The summed E-state index contributed by atoms with van der Waals surface area (Å²) < 4.78 is 0. The molecule has 4 heteroatoms. The molecule has 2 aliphatic carbocycles. The highest BCUT2D eigenvalue weighted by Crippen LogP contribution is 2.35. The van der Waals surface area contributed by atoms with E-state index in [-0.39, 0.29) is 11.5 Å². The summed E-state index contributed by atoms with van der Waals surface area (Å²) in [7, 11) is 0. The third-order valence-corrected chi connectivity index (χ3v) is 6.47. The Bertz CT molecular complexity index is 558. The van der Waals surface area contributed by atoms with Crippen LogP contribution >= 0.6 is 0 Å². The third kappa shape index (κ3) is 6.65.